The van der Waals surface area contributed by atoms with Crippen molar-refractivity contribution in [3.63, 3.8) is 0 Å². The van der Waals surface area contributed by atoms with Crippen LogP contribution in [0.2, 0.25) is 0 Å². The second kappa shape index (κ2) is 17.5. The molecule has 16 heteroatoms. The number of rotatable bonds is 15. The van der Waals surface area contributed by atoms with Crippen molar-refractivity contribution < 1.29 is 23.0 Å². The van der Waals surface area contributed by atoms with Gasteiger partial charge in [0.25, 0.3) is 0 Å². The Balaban J connectivity index is 0.880. The number of piperazine rings is 1. The van der Waals surface area contributed by atoms with E-state index >= 15 is 8.78 Å². The van der Waals surface area contributed by atoms with Crippen LogP contribution in [0.5, 0.6) is 0 Å². The molecule has 1 N–H and O–H groups in total. The van der Waals surface area contributed by atoms with Crippen molar-refractivity contribution in [2.24, 2.45) is 0 Å². The average Bonchev–Trinajstić information content (AvgIpc) is 3.96. The molecule has 1 aliphatic heterocycles. The fraction of sp³-hybridized carbons (Fsp3) is 0.289. The van der Waals surface area contributed by atoms with Crippen molar-refractivity contribution in [2.75, 3.05) is 36.0 Å². The van der Waals surface area contributed by atoms with Gasteiger partial charge in [-0.15, -0.1) is 5.10 Å². The summed E-state index contributed by atoms with van der Waals surface area (Å²) in [5.74, 6) is -4.54. The van der Waals surface area contributed by atoms with Crippen molar-refractivity contribution in [3.8, 4) is 16.8 Å². The van der Waals surface area contributed by atoms with Gasteiger partial charge in [-0.05, 0) is 95.1 Å². The molecular weight excluding hydrogens is 786 g/mol. The summed E-state index contributed by atoms with van der Waals surface area (Å²) in [6.07, 6.45) is 4.50. The number of anilines is 2. The first-order valence-corrected chi connectivity index (χ1v) is 20.1. The second-order valence-corrected chi connectivity index (χ2v) is 15.1. The second-order valence-electron chi connectivity index (χ2n) is 15.1. The van der Waals surface area contributed by atoms with E-state index in [1.165, 1.54) is 23.0 Å². The third-order valence-electron chi connectivity index (χ3n) is 11.4. The van der Waals surface area contributed by atoms with Crippen LogP contribution in [0.3, 0.4) is 0 Å². The zero-order chi connectivity index (χ0) is 42.6. The molecule has 0 amide bonds. The third-order valence-corrected chi connectivity index (χ3v) is 11.4. The number of ether oxygens (including phenoxy) is 1. The molecule has 7 aromatic rings. The maximum Gasteiger partial charge on any atom is 0.350 e. The highest BCUT2D eigenvalue weighted by atomic mass is 19.3. The van der Waals surface area contributed by atoms with Gasteiger partial charge in [0.2, 0.25) is 0 Å². The number of hydrogen-bond acceptors (Lipinski definition) is 10. The molecule has 0 saturated carbocycles. The van der Waals surface area contributed by atoms with Crippen molar-refractivity contribution in [1.29, 1.82) is 0 Å². The molecule has 314 valence electrons. The van der Waals surface area contributed by atoms with Crippen molar-refractivity contribution in [3.05, 3.63) is 167 Å². The molecule has 3 aromatic heterocycles. The standard InChI is InChI=1S/C45H45F3N10O3/c1-3-41(32(2)61-28-33-7-5-4-6-8-33)58-43(59)57(31-51-58)40-20-18-39(19-21-40)55-25-23-54(24-26-55)38-16-9-34(10-17-38)35-11-22-42(49-27-35)45(47,48)44(60,29-56-30-50-52-53-56)36-12-14-37(46)15-13-36/h4-22,27,30-32,41,60H,3,23-26,28-29H2,1-2H3. The first kappa shape index (κ1) is 41.1. The molecule has 4 heterocycles. The number of aliphatic hydroxyl groups is 1. The average molecular weight is 831 g/mol. The van der Waals surface area contributed by atoms with Crippen molar-refractivity contribution in [1.82, 2.24) is 39.5 Å². The Morgan fingerprint density at radius 3 is 2.00 bits per heavy atom. The lowest BCUT2D eigenvalue weighted by Gasteiger charge is -2.37. The molecule has 1 fully saturated rings. The van der Waals surface area contributed by atoms with Gasteiger partial charge in [-0.25, -0.2) is 23.1 Å². The van der Waals surface area contributed by atoms with Crippen LogP contribution in [0.15, 0.2) is 139 Å². The van der Waals surface area contributed by atoms with Gasteiger partial charge in [-0.1, -0.05) is 67.6 Å². The molecule has 1 saturated heterocycles. The van der Waals surface area contributed by atoms with E-state index in [-0.39, 0.29) is 23.4 Å². The summed E-state index contributed by atoms with van der Waals surface area (Å²) in [7, 11) is 0. The minimum absolute atomic E-state index is 0.213. The van der Waals surface area contributed by atoms with E-state index in [9.17, 15) is 14.3 Å². The first-order valence-electron chi connectivity index (χ1n) is 20.1. The molecule has 0 spiro atoms. The Labute approximate surface area is 350 Å². The maximum absolute atomic E-state index is 16.2. The van der Waals surface area contributed by atoms with Crippen LogP contribution in [0, 0.1) is 5.82 Å². The number of hydrogen-bond donors (Lipinski definition) is 1. The number of aromatic nitrogens is 8. The molecule has 3 unspecified atom stereocenters. The molecule has 0 bridgehead atoms. The highest BCUT2D eigenvalue weighted by molar-refractivity contribution is 5.66. The smallest absolute Gasteiger partial charge is 0.350 e. The number of halogens is 3. The largest absolute Gasteiger partial charge is 0.377 e. The third kappa shape index (κ3) is 8.54. The predicted molar refractivity (Wildman–Crippen MR) is 224 cm³/mol. The van der Waals surface area contributed by atoms with Crippen LogP contribution in [0.4, 0.5) is 24.5 Å². The molecule has 13 nitrogen and oxygen atoms in total. The van der Waals surface area contributed by atoms with Gasteiger partial charge >= 0.3 is 11.6 Å². The van der Waals surface area contributed by atoms with E-state index in [1.807, 2.05) is 92.7 Å². The summed E-state index contributed by atoms with van der Waals surface area (Å²) in [6, 6.07) is 32.5. The van der Waals surface area contributed by atoms with E-state index in [4.69, 9.17) is 4.74 Å². The zero-order valence-corrected chi connectivity index (χ0v) is 33.7. The lowest BCUT2D eigenvalue weighted by atomic mass is 9.85. The summed E-state index contributed by atoms with van der Waals surface area (Å²) in [4.78, 5) is 22.2. The molecular formula is C45H45F3N10O3. The van der Waals surface area contributed by atoms with E-state index in [1.54, 1.807) is 10.9 Å². The minimum Gasteiger partial charge on any atom is -0.377 e. The molecule has 61 heavy (non-hydrogen) atoms. The Morgan fingerprint density at radius 2 is 1.41 bits per heavy atom. The van der Waals surface area contributed by atoms with E-state index in [0.717, 1.165) is 89.6 Å². The molecule has 0 radical (unpaired) electrons. The van der Waals surface area contributed by atoms with Gasteiger partial charge in [-0.3, -0.25) is 4.98 Å². The van der Waals surface area contributed by atoms with Crippen LogP contribution in [-0.4, -0.2) is 76.9 Å². The molecule has 1 aliphatic rings. The van der Waals surface area contributed by atoms with E-state index < -0.39 is 29.6 Å². The normalized spacial score (nSPS) is 15.4. The fourth-order valence-electron chi connectivity index (χ4n) is 7.80. The quantitative estimate of drug-likeness (QED) is 0.118. The summed E-state index contributed by atoms with van der Waals surface area (Å²) in [5, 5.41) is 26.6. The highest BCUT2D eigenvalue weighted by Gasteiger charge is 2.56. The van der Waals surface area contributed by atoms with Gasteiger partial charge < -0.3 is 19.6 Å². The summed E-state index contributed by atoms with van der Waals surface area (Å²) < 4.78 is 56.3. The van der Waals surface area contributed by atoms with Crippen LogP contribution >= 0.6 is 0 Å². The number of tetrazole rings is 1. The van der Waals surface area contributed by atoms with Crippen LogP contribution in [0.25, 0.3) is 16.8 Å². The van der Waals surface area contributed by atoms with Gasteiger partial charge in [-0.2, -0.15) is 13.9 Å². The molecule has 4 aromatic carbocycles. The van der Waals surface area contributed by atoms with Gasteiger partial charge in [0.15, 0.2) is 5.60 Å². The molecule has 8 rings (SSSR count). The molecule has 0 aliphatic carbocycles. The number of pyridine rings is 1. The Bertz CT molecular complexity index is 2550. The maximum atomic E-state index is 16.2. The van der Waals surface area contributed by atoms with E-state index in [0.29, 0.717) is 18.6 Å². The van der Waals surface area contributed by atoms with Gasteiger partial charge in [0.1, 0.15) is 24.2 Å². The zero-order valence-electron chi connectivity index (χ0n) is 33.7. The lowest BCUT2D eigenvalue weighted by Crippen LogP contribution is -2.47. The minimum atomic E-state index is -3.91. The highest BCUT2D eigenvalue weighted by Crippen LogP contribution is 2.46. The van der Waals surface area contributed by atoms with Crippen LogP contribution < -0.4 is 15.5 Å². The Morgan fingerprint density at radius 1 is 0.787 bits per heavy atom. The number of alkyl halides is 2. The van der Waals surface area contributed by atoms with Gasteiger partial charge in [0.05, 0.1) is 31.0 Å². The summed E-state index contributed by atoms with van der Waals surface area (Å²) in [6.45, 7) is 6.90. The predicted octanol–water partition coefficient (Wildman–Crippen LogP) is 6.78. The van der Waals surface area contributed by atoms with E-state index in [2.05, 4.69) is 35.4 Å². The number of nitrogens with zero attached hydrogens (tertiary/aromatic N) is 10. The fourth-order valence-corrected chi connectivity index (χ4v) is 7.80. The van der Waals surface area contributed by atoms with Crippen molar-refractivity contribution in [2.45, 2.75) is 57.1 Å². The summed E-state index contributed by atoms with van der Waals surface area (Å²) >= 11 is 0. The van der Waals surface area contributed by atoms with Crippen LogP contribution in [0.1, 0.15) is 43.1 Å². The topological polar surface area (TPSA) is 132 Å². The Kier molecular flexibility index (Phi) is 11.8. The van der Waals surface area contributed by atoms with Gasteiger partial charge in [0, 0.05) is 49.3 Å². The van der Waals surface area contributed by atoms with Crippen LogP contribution in [-0.2, 0) is 29.4 Å². The molecule has 3 atom stereocenters. The summed E-state index contributed by atoms with van der Waals surface area (Å²) in [5.41, 5.74) is 1.36. The number of benzene rings is 4. The van der Waals surface area contributed by atoms with Crippen molar-refractivity contribution >= 4 is 11.4 Å². The monoisotopic (exact) mass is 830 g/mol. The SMILES string of the molecule is CCC(C(C)OCc1ccccc1)n1ncn(-c2ccc(N3CCN(c4ccc(-c5ccc(C(F)(F)C(O)(Cn6cnnn6)c6ccc(F)cc6)nc5)cc4)CC3)cc2)c1=O. The Hall–Kier alpha value is -6.65. The lowest BCUT2D eigenvalue weighted by molar-refractivity contribution is -0.206. The first-order chi connectivity index (χ1) is 29.5.